The Hall–Kier alpha value is -0.780. The van der Waals surface area contributed by atoms with Crippen molar-refractivity contribution in [3.05, 3.63) is 34.9 Å². The second-order valence-electron chi connectivity index (χ2n) is 3.86. The van der Waals surface area contributed by atoms with E-state index in [1.54, 1.807) is 0 Å². The highest BCUT2D eigenvalue weighted by molar-refractivity contribution is 5.39. The summed E-state index contributed by atoms with van der Waals surface area (Å²) in [6, 6.07) is 0. The Morgan fingerprint density at radius 2 is 1.64 bits per heavy atom. The molecule has 0 saturated carbocycles. The van der Waals surface area contributed by atoms with Gasteiger partial charge in [0.2, 0.25) is 0 Å². The lowest BCUT2D eigenvalue weighted by molar-refractivity contribution is 0.890. The average Bonchev–Trinajstić information content (AvgIpc) is 2.18. The second kappa shape index (κ2) is 6.64. The molecule has 0 rings (SSSR count). The third-order valence-electron chi connectivity index (χ3n) is 2.94. The molecule has 0 fully saturated rings. The van der Waals surface area contributed by atoms with Crippen LogP contribution in [0.3, 0.4) is 0 Å². The zero-order valence-corrected chi connectivity index (χ0v) is 10.4. The Morgan fingerprint density at radius 3 is 2.00 bits per heavy atom. The van der Waals surface area contributed by atoms with Crippen LogP contribution in [-0.4, -0.2) is 0 Å². The molecular formula is C14H24. The van der Waals surface area contributed by atoms with Gasteiger partial charge in [-0.3, -0.25) is 0 Å². The summed E-state index contributed by atoms with van der Waals surface area (Å²) in [7, 11) is 0. The van der Waals surface area contributed by atoms with Gasteiger partial charge in [0, 0.05) is 0 Å². The van der Waals surface area contributed by atoms with Crippen LogP contribution in [0.4, 0.5) is 0 Å². The minimum Gasteiger partial charge on any atom is -0.0988 e. The zero-order valence-electron chi connectivity index (χ0n) is 10.4. The van der Waals surface area contributed by atoms with Crippen molar-refractivity contribution < 1.29 is 0 Å². The molecule has 0 radical (unpaired) electrons. The van der Waals surface area contributed by atoms with Crippen molar-refractivity contribution in [3.63, 3.8) is 0 Å². The van der Waals surface area contributed by atoms with Crippen molar-refractivity contribution >= 4 is 0 Å². The van der Waals surface area contributed by atoms with E-state index in [-0.39, 0.29) is 0 Å². The molecule has 0 aromatic carbocycles. The lowest BCUT2D eigenvalue weighted by Gasteiger charge is -2.11. The summed E-state index contributed by atoms with van der Waals surface area (Å²) in [6.07, 6.45) is 5.49. The van der Waals surface area contributed by atoms with Crippen LogP contribution in [0, 0.1) is 0 Å². The molecule has 0 aromatic rings. The molecule has 0 heteroatoms. The fourth-order valence-electron chi connectivity index (χ4n) is 1.69. The highest BCUT2D eigenvalue weighted by Gasteiger charge is 2.02. The molecule has 0 bridgehead atoms. The maximum absolute atomic E-state index is 3.86. The largest absolute Gasteiger partial charge is 0.0988 e. The number of allylic oxidation sites excluding steroid dienone is 5. The average molecular weight is 192 g/mol. The van der Waals surface area contributed by atoms with E-state index in [1.165, 1.54) is 35.1 Å². The Balaban J connectivity index is 4.99. The third-order valence-corrected chi connectivity index (χ3v) is 2.94. The lowest BCUT2D eigenvalue weighted by atomic mass is 9.95. The van der Waals surface area contributed by atoms with Gasteiger partial charge in [-0.1, -0.05) is 38.5 Å². The van der Waals surface area contributed by atoms with Gasteiger partial charge in [-0.25, -0.2) is 0 Å². The van der Waals surface area contributed by atoms with Crippen molar-refractivity contribution in [1.29, 1.82) is 0 Å². The summed E-state index contributed by atoms with van der Waals surface area (Å²) < 4.78 is 0. The van der Waals surface area contributed by atoms with E-state index in [1.807, 2.05) is 6.08 Å². The quantitative estimate of drug-likeness (QED) is 0.536. The fraction of sp³-hybridized carbons (Fsp3) is 0.571. The van der Waals surface area contributed by atoms with Crippen LogP contribution in [0.2, 0.25) is 0 Å². The molecule has 0 heterocycles. The minimum atomic E-state index is 1.08. The van der Waals surface area contributed by atoms with E-state index < -0.39 is 0 Å². The summed E-state index contributed by atoms with van der Waals surface area (Å²) in [5.74, 6) is 0. The predicted octanol–water partition coefficient (Wildman–Crippen LogP) is 5.04. The highest BCUT2D eigenvalue weighted by atomic mass is 14.1. The van der Waals surface area contributed by atoms with Crippen LogP contribution < -0.4 is 0 Å². The third kappa shape index (κ3) is 3.53. The van der Waals surface area contributed by atoms with Gasteiger partial charge in [-0.2, -0.15) is 0 Å². The van der Waals surface area contributed by atoms with Gasteiger partial charge in [0.25, 0.3) is 0 Å². The van der Waals surface area contributed by atoms with Crippen LogP contribution in [0.5, 0.6) is 0 Å². The Labute approximate surface area is 89.4 Å². The molecule has 80 valence electrons. The molecular weight excluding hydrogens is 168 g/mol. The van der Waals surface area contributed by atoms with Crippen LogP contribution in [0.25, 0.3) is 0 Å². The van der Waals surface area contributed by atoms with Crippen molar-refractivity contribution in [2.45, 2.75) is 53.9 Å². The summed E-state index contributed by atoms with van der Waals surface area (Å²) in [6.45, 7) is 14.9. The normalized spacial score (nSPS) is 14.6. The maximum atomic E-state index is 3.86. The van der Waals surface area contributed by atoms with Crippen molar-refractivity contribution in [3.8, 4) is 0 Å². The van der Waals surface area contributed by atoms with Crippen LogP contribution in [0.15, 0.2) is 34.9 Å². The maximum Gasteiger partial charge on any atom is -0.0305 e. The lowest BCUT2D eigenvalue weighted by Crippen LogP contribution is -1.91. The standard InChI is InChI=1S/C14H24/c1-7-10-11(4)12(5)13(6)14(8-2)9-3/h8H,2,7,9-10H2,1,3-6H3/b12-11+,14-13+. The molecule has 0 spiro atoms. The van der Waals surface area contributed by atoms with Crippen molar-refractivity contribution in [2.75, 3.05) is 0 Å². The molecule has 0 atom stereocenters. The summed E-state index contributed by atoms with van der Waals surface area (Å²) in [4.78, 5) is 0. The van der Waals surface area contributed by atoms with Crippen molar-refractivity contribution in [2.24, 2.45) is 0 Å². The van der Waals surface area contributed by atoms with E-state index in [0.717, 1.165) is 6.42 Å². The van der Waals surface area contributed by atoms with Crippen LogP contribution in [-0.2, 0) is 0 Å². The Kier molecular flexibility index (Phi) is 6.27. The molecule has 0 aliphatic heterocycles. The van der Waals surface area contributed by atoms with Gasteiger partial charge >= 0.3 is 0 Å². The van der Waals surface area contributed by atoms with Crippen LogP contribution in [0.1, 0.15) is 53.9 Å². The smallest absolute Gasteiger partial charge is 0.0305 e. The molecule has 0 amide bonds. The van der Waals surface area contributed by atoms with Crippen LogP contribution >= 0.6 is 0 Å². The van der Waals surface area contributed by atoms with Gasteiger partial charge < -0.3 is 0 Å². The first-order chi connectivity index (χ1) is 6.58. The molecule has 0 saturated heterocycles. The molecule has 0 aliphatic carbocycles. The first kappa shape index (κ1) is 13.2. The molecule has 14 heavy (non-hydrogen) atoms. The molecule has 0 nitrogen and oxygen atoms in total. The molecule has 0 aliphatic rings. The number of hydrogen-bond acceptors (Lipinski definition) is 0. The minimum absolute atomic E-state index is 1.08. The van der Waals surface area contributed by atoms with Crippen molar-refractivity contribution in [1.82, 2.24) is 0 Å². The van der Waals surface area contributed by atoms with Gasteiger partial charge in [0.15, 0.2) is 0 Å². The van der Waals surface area contributed by atoms with Gasteiger partial charge in [-0.15, -0.1) is 0 Å². The SMILES string of the molecule is C=C/C(CC)=C(C)\C(C)=C(/C)CCC. The van der Waals surface area contributed by atoms with E-state index >= 15 is 0 Å². The van der Waals surface area contributed by atoms with E-state index in [4.69, 9.17) is 0 Å². The van der Waals surface area contributed by atoms with Gasteiger partial charge in [-0.05, 0) is 50.3 Å². The molecule has 0 unspecified atom stereocenters. The highest BCUT2D eigenvalue weighted by Crippen LogP contribution is 2.22. The second-order valence-corrected chi connectivity index (χ2v) is 3.86. The van der Waals surface area contributed by atoms with E-state index in [9.17, 15) is 0 Å². The first-order valence-electron chi connectivity index (χ1n) is 5.57. The molecule has 0 N–H and O–H groups in total. The summed E-state index contributed by atoms with van der Waals surface area (Å²) >= 11 is 0. The Morgan fingerprint density at radius 1 is 1.07 bits per heavy atom. The summed E-state index contributed by atoms with van der Waals surface area (Å²) in [5.41, 5.74) is 5.74. The monoisotopic (exact) mass is 192 g/mol. The first-order valence-corrected chi connectivity index (χ1v) is 5.57. The zero-order chi connectivity index (χ0) is 11.1. The predicted molar refractivity (Wildman–Crippen MR) is 66.5 cm³/mol. The van der Waals surface area contributed by atoms with Gasteiger partial charge in [0.05, 0.1) is 0 Å². The topological polar surface area (TPSA) is 0 Å². The molecule has 0 aromatic heterocycles. The number of hydrogen-bond donors (Lipinski definition) is 0. The van der Waals surface area contributed by atoms with Gasteiger partial charge in [0.1, 0.15) is 0 Å². The fourth-order valence-corrected chi connectivity index (χ4v) is 1.69. The number of rotatable bonds is 5. The van der Waals surface area contributed by atoms with E-state index in [2.05, 4.69) is 41.2 Å². The van der Waals surface area contributed by atoms with E-state index in [0.29, 0.717) is 0 Å². The summed E-state index contributed by atoms with van der Waals surface area (Å²) in [5, 5.41) is 0. The Bertz CT molecular complexity index is 251.